The third-order valence-electron chi connectivity index (χ3n) is 1.34. The lowest BCUT2D eigenvalue weighted by atomic mass is 10.2. The van der Waals surface area contributed by atoms with Crippen molar-refractivity contribution in [3.05, 3.63) is 23.5 Å². The predicted octanol–water partition coefficient (Wildman–Crippen LogP) is 1.16. The molecule has 0 unspecified atom stereocenters. The number of pyridine rings is 1. The molecule has 0 aromatic carbocycles. The lowest BCUT2D eigenvalue weighted by molar-refractivity contribution is 0.465. The van der Waals surface area contributed by atoms with E-state index < -0.39 is 0 Å². The molecular weight excluding hydrogens is 140 g/mol. The van der Waals surface area contributed by atoms with Crippen molar-refractivity contribution in [3.8, 4) is 11.8 Å². The number of hydrogen-bond donors (Lipinski definition) is 1. The number of hydrogen-bond acceptors (Lipinski definition) is 3. The maximum atomic E-state index is 9.15. The molecule has 0 amide bonds. The van der Waals surface area contributed by atoms with E-state index in [0.29, 0.717) is 5.69 Å². The van der Waals surface area contributed by atoms with Crippen LogP contribution in [0.5, 0.6) is 5.75 Å². The van der Waals surface area contributed by atoms with E-state index in [-0.39, 0.29) is 12.2 Å². The van der Waals surface area contributed by atoms with E-state index in [9.17, 15) is 0 Å². The van der Waals surface area contributed by atoms with E-state index in [0.717, 1.165) is 5.69 Å². The third-order valence-corrected chi connectivity index (χ3v) is 1.34. The van der Waals surface area contributed by atoms with Crippen molar-refractivity contribution in [2.75, 3.05) is 0 Å². The molecule has 3 heteroatoms. The minimum atomic E-state index is 0.0946. The van der Waals surface area contributed by atoms with Gasteiger partial charge in [-0.15, -0.1) is 0 Å². The topological polar surface area (TPSA) is 56.9 Å². The summed E-state index contributed by atoms with van der Waals surface area (Å²) in [5, 5.41) is 17.5. The normalized spacial score (nSPS) is 9.09. The molecule has 1 heterocycles. The molecule has 11 heavy (non-hydrogen) atoms. The summed E-state index contributed by atoms with van der Waals surface area (Å²) in [4.78, 5) is 3.99. The van der Waals surface area contributed by atoms with Gasteiger partial charge in [-0.1, -0.05) is 0 Å². The van der Waals surface area contributed by atoms with Gasteiger partial charge >= 0.3 is 0 Å². The molecule has 0 aliphatic heterocycles. The first-order valence-electron chi connectivity index (χ1n) is 3.26. The standard InChI is InChI=1S/C8H8N2O/c1-6-2-3-8(11)7(10-6)4-5-9/h2-3,11H,4H2,1H3. The average molecular weight is 148 g/mol. The minimum Gasteiger partial charge on any atom is -0.506 e. The van der Waals surface area contributed by atoms with Crippen LogP contribution in [0.3, 0.4) is 0 Å². The van der Waals surface area contributed by atoms with Crippen molar-refractivity contribution in [2.24, 2.45) is 0 Å². The molecule has 0 aliphatic rings. The van der Waals surface area contributed by atoms with E-state index in [4.69, 9.17) is 10.4 Å². The van der Waals surface area contributed by atoms with Crippen molar-refractivity contribution < 1.29 is 5.11 Å². The van der Waals surface area contributed by atoms with Crippen LogP contribution in [-0.4, -0.2) is 10.1 Å². The van der Waals surface area contributed by atoms with Gasteiger partial charge in [0.15, 0.2) is 0 Å². The highest BCUT2D eigenvalue weighted by atomic mass is 16.3. The van der Waals surface area contributed by atoms with Gasteiger partial charge in [0.1, 0.15) is 5.75 Å². The third kappa shape index (κ3) is 1.68. The van der Waals surface area contributed by atoms with Crippen LogP contribution in [-0.2, 0) is 6.42 Å². The van der Waals surface area contributed by atoms with Crippen LogP contribution >= 0.6 is 0 Å². The molecule has 1 aromatic rings. The SMILES string of the molecule is Cc1ccc(O)c(CC#N)n1. The molecule has 0 bridgehead atoms. The Kier molecular flexibility index (Phi) is 2.07. The van der Waals surface area contributed by atoms with Gasteiger partial charge in [0.05, 0.1) is 18.2 Å². The van der Waals surface area contributed by atoms with Gasteiger partial charge in [0, 0.05) is 5.69 Å². The Balaban J connectivity index is 3.05. The Labute approximate surface area is 64.9 Å². The van der Waals surface area contributed by atoms with Gasteiger partial charge in [-0.25, -0.2) is 0 Å². The van der Waals surface area contributed by atoms with Gasteiger partial charge in [0.25, 0.3) is 0 Å². The number of aromatic hydroxyl groups is 1. The lowest BCUT2D eigenvalue weighted by Crippen LogP contribution is -1.90. The maximum absolute atomic E-state index is 9.15. The van der Waals surface area contributed by atoms with Crippen LogP contribution < -0.4 is 0 Å². The Morgan fingerprint density at radius 3 is 3.00 bits per heavy atom. The van der Waals surface area contributed by atoms with Crippen LogP contribution in [0, 0.1) is 18.3 Å². The van der Waals surface area contributed by atoms with E-state index in [1.54, 1.807) is 12.1 Å². The van der Waals surface area contributed by atoms with Crippen LogP contribution in [0.15, 0.2) is 12.1 Å². The summed E-state index contributed by atoms with van der Waals surface area (Å²) in [6, 6.07) is 5.18. The van der Waals surface area contributed by atoms with E-state index >= 15 is 0 Å². The lowest BCUT2D eigenvalue weighted by Gasteiger charge is -1.98. The first-order chi connectivity index (χ1) is 5.24. The van der Waals surface area contributed by atoms with Crippen molar-refractivity contribution in [2.45, 2.75) is 13.3 Å². The molecule has 1 aromatic heterocycles. The number of aryl methyl sites for hydroxylation is 1. The zero-order valence-corrected chi connectivity index (χ0v) is 6.20. The smallest absolute Gasteiger partial charge is 0.138 e. The summed E-state index contributed by atoms with van der Waals surface area (Å²) in [7, 11) is 0. The fraction of sp³-hybridized carbons (Fsp3) is 0.250. The molecule has 0 atom stereocenters. The van der Waals surface area contributed by atoms with Crippen molar-refractivity contribution in [1.29, 1.82) is 5.26 Å². The molecule has 56 valence electrons. The number of nitrogens with zero attached hydrogens (tertiary/aromatic N) is 2. The summed E-state index contributed by atoms with van der Waals surface area (Å²) in [5.74, 6) is 0.0946. The quantitative estimate of drug-likeness (QED) is 0.650. The summed E-state index contributed by atoms with van der Waals surface area (Å²) in [6.45, 7) is 1.82. The Hall–Kier alpha value is -1.56. The Morgan fingerprint density at radius 2 is 2.36 bits per heavy atom. The second-order valence-corrected chi connectivity index (χ2v) is 2.25. The largest absolute Gasteiger partial charge is 0.506 e. The number of nitriles is 1. The van der Waals surface area contributed by atoms with Gasteiger partial charge in [-0.2, -0.15) is 5.26 Å². The fourth-order valence-electron chi connectivity index (χ4n) is 0.808. The second-order valence-electron chi connectivity index (χ2n) is 2.25. The molecule has 1 N–H and O–H groups in total. The average Bonchev–Trinajstić information content (AvgIpc) is 1.98. The molecule has 0 saturated heterocycles. The van der Waals surface area contributed by atoms with E-state index in [2.05, 4.69) is 4.98 Å². The number of aromatic nitrogens is 1. The van der Waals surface area contributed by atoms with Gasteiger partial charge < -0.3 is 5.11 Å². The molecule has 0 radical (unpaired) electrons. The van der Waals surface area contributed by atoms with Crippen molar-refractivity contribution >= 4 is 0 Å². The zero-order chi connectivity index (χ0) is 8.27. The minimum absolute atomic E-state index is 0.0946. The highest BCUT2D eigenvalue weighted by Gasteiger charge is 2.00. The first kappa shape index (κ1) is 7.55. The molecule has 3 nitrogen and oxygen atoms in total. The second kappa shape index (κ2) is 3.02. The maximum Gasteiger partial charge on any atom is 0.138 e. The predicted molar refractivity (Wildman–Crippen MR) is 40.0 cm³/mol. The van der Waals surface area contributed by atoms with Crippen LogP contribution in [0.25, 0.3) is 0 Å². The van der Waals surface area contributed by atoms with Crippen molar-refractivity contribution in [3.63, 3.8) is 0 Å². The molecule has 0 spiro atoms. The first-order valence-corrected chi connectivity index (χ1v) is 3.26. The highest BCUT2D eigenvalue weighted by molar-refractivity contribution is 5.29. The van der Waals surface area contributed by atoms with Crippen LogP contribution in [0.1, 0.15) is 11.4 Å². The summed E-state index contributed by atoms with van der Waals surface area (Å²) in [6.07, 6.45) is 0.160. The van der Waals surface area contributed by atoms with Gasteiger partial charge in [-0.05, 0) is 19.1 Å². The van der Waals surface area contributed by atoms with E-state index in [1.165, 1.54) is 0 Å². The monoisotopic (exact) mass is 148 g/mol. The van der Waals surface area contributed by atoms with E-state index in [1.807, 2.05) is 13.0 Å². The number of rotatable bonds is 1. The molecule has 0 saturated carbocycles. The molecule has 0 aliphatic carbocycles. The van der Waals surface area contributed by atoms with Gasteiger partial charge in [-0.3, -0.25) is 4.98 Å². The molecule has 1 rings (SSSR count). The molecule has 0 fully saturated rings. The van der Waals surface area contributed by atoms with Gasteiger partial charge in [0.2, 0.25) is 0 Å². The van der Waals surface area contributed by atoms with Crippen LogP contribution in [0.2, 0.25) is 0 Å². The summed E-state index contributed by atoms with van der Waals surface area (Å²) < 4.78 is 0. The van der Waals surface area contributed by atoms with Crippen molar-refractivity contribution in [1.82, 2.24) is 4.98 Å². The fourth-order valence-corrected chi connectivity index (χ4v) is 0.808. The highest BCUT2D eigenvalue weighted by Crippen LogP contribution is 2.14. The summed E-state index contributed by atoms with van der Waals surface area (Å²) >= 11 is 0. The zero-order valence-electron chi connectivity index (χ0n) is 6.20. The van der Waals surface area contributed by atoms with Crippen LogP contribution in [0.4, 0.5) is 0 Å². The molecular formula is C8H8N2O. The summed E-state index contributed by atoms with van der Waals surface area (Å²) in [5.41, 5.74) is 1.26. The Morgan fingerprint density at radius 1 is 1.64 bits per heavy atom. The Bertz CT molecular complexity index is 301.